The first kappa shape index (κ1) is 27.1. The highest BCUT2D eigenvalue weighted by Crippen LogP contribution is 2.25. The third kappa shape index (κ3) is 7.33. The lowest BCUT2D eigenvalue weighted by molar-refractivity contribution is -0.253. The van der Waals surface area contributed by atoms with E-state index in [1.54, 1.807) is 67.6 Å². The SMILES string of the molecule is Cc1ccc(C(=O)O)c(C(=O)Nc2ccc(Oc3ccc(NOCc4ccc(O)cc4COO)cc3)cc2)c1. The Morgan fingerprint density at radius 2 is 1.44 bits per heavy atom. The van der Waals surface area contributed by atoms with Crippen LogP contribution in [0, 0.1) is 6.92 Å². The van der Waals surface area contributed by atoms with Crippen molar-refractivity contribution in [2.75, 3.05) is 10.8 Å². The van der Waals surface area contributed by atoms with Gasteiger partial charge in [0.1, 0.15) is 23.9 Å². The molecule has 1 amide bonds. The molecule has 0 bridgehead atoms. The number of nitrogens with one attached hydrogen (secondary N) is 2. The topological polar surface area (TPSA) is 147 Å². The zero-order valence-corrected chi connectivity index (χ0v) is 20.9. The highest BCUT2D eigenvalue weighted by atomic mass is 17.1. The van der Waals surface area contributed by atoms with E-state index in [1.165, 1.54) is 24.3 Å². The van der Waals surface area contributed by atoms with Crippen LogP contribution in [-0.4, -0.2) is 27.3 Å². The van der Waals surface area contributed by atoms with Crippen molar-refractivity contribution < 1.29 is 39.5 Å². The fourth-order valence-corrected chi connectivity index (χ4v) is 3.72. The summed E-state index contributed by atoms with van der Waals surface area (Å²) in [4.78, 5) is 33.8. The average Bonchev–Trinajstić information content (AvgIpc) is 2.92. The predicted octanol–water partition coefficient (Wildman–Crippen LogP) is 5.98. The number of benzene rings is 4. The highest BCUT2D eigenvalue weighted by Gasteiger charge is 2.17. The van der Waals surface area contributed by atoms with Crippen LogP contribution in [0.1, 0.15) is 37.4 Å². The summed E-state index contributed by atoms with van der Waals surface area (Å²) < 4.78 is 5.85. The Hall–Kier alpha value is -4.90. The molecular weight excluding hydrogens is 504 g/mol. The van der Waals surface area contributed by atoms with E-state index >= 15 is 0 Å². The number of carbonyl (C=O) groups is 2. The first-order valence-corrected chi connectivity index (χ1v) is 11.8. The Balaban J connectivity index is 1.31. The maximum absolute atomic E-state index is 12.7. The van der Waals surface area contributed by atoms with Gasteiger partial charge in [-0.1, -0.05) is 17.7 Å². The Morgan fingerprint density at radius 1 is 0.769 bits per heavy atom. The fraction of sp³-hybridized carbons (Fsp3) is 0.103. The summed E-state index contributed by atoms with van der Waals surface area (Å²) in [5.41, 5.74) is 6.11. The van der Waals surface area contributed by atoms with Gasteiger partial charge in [0.15, 0.2) is 0 Å². The van der Waals surface area contributed by atoms with Crippen molar-refractivity contribution in [3.63, 3.8) is 0 Å². The number of rotatable bonds is 11. The van der Waals surface area contributed by atoms with Gasteiger partial charge in [0.2, 0.25) is 0 Å². The van der Waals surface area contributed by atoms with Crippen molar-refractivity contribution in [3.8, 4) is 17.2 Å². The van der Waals surface area contributed by atoms with Gasteiger partial charge in [-0.15, -0.1) is 0 Å². The largest absolute Gasteiger partial charge is 0.508 e. The van der Waals surface area contributed by atoms with Crippen LogP contribution in [-0.2, 0) is 22.9 Å². The smallest absolute Gasteiger partial charge is 0.336 e. The van der Waals surface area contributed by atoms with Crippen molar-refractivity contribution in [3.05, 3.63) is 113 Å². The molecule has 0 aliphatic carbocycles. The molecule has 0 saturated heterocycles. The van der Waals surface area contributed by atoms with Crippen molar-refractivity contribution in [1.82, 2.24) is 0 Å². The normalized spacial score (nSPS) is 10.6. The lowest BCUT2D eigenvalue weighted by Gasteiger charge is -2.12. The lowest BCUT2D eigenvalue weighted by atomic mass is 10.0. The van der Waals surface area contributed by atoms with Crippen molar-refractivity contribution >= 4 is 23.3 Å². The first-order chi connectivity index (χ1) is 18.8. The number of aromatic carboxylic acids is 1. The van der Waals surface area contributed by atoms with Crippen molar-refractivity contribution in [2.24, 2.45) is 0 Å². The Bertz CT molecular complexity index is 1450. The minimum Gasteiger partial charge on any atom is -0.508 e. The van der Waals surface area contributed by atoms with Crippen LogP contribution in [0.3, 0.4) is 0 Å². The number of aromatic hydroxyl groups is 1. The van der Waals surface area contributed by atoms with Gasteiger partial charge in [-0.2, -0.15) is 0 Å². The van der Waals surface area contributed by atoms with Crippen LogP contribution >= 0.6 is 0 Å². The van der Waals surface area contributed by atoms with Crippen LogP contribution < -0.4 is 15.5 Å². The van der Waals surface area contributed by atoms with Crippen LogP contribution in [0.4, 0.5) is 11.4 Å². The second kappa shape index (κ2) is 12.6. The van der Waals surface area contributed by atoms with Gasteiger partial charge in [-0.3, -0.25) is 20.4 Å². The Labute approximate surface area is 223 Å². The summed E-state index contributed by atoms with van der Waals surface area (Å²) in [6, 6.07) is 23.0. The minimum atomic E-state index is -1.17. The van der Waals surface area contributed by atoms with E-state index in [2.05, 4.69) is 15.7 Å². The fourth-order valence-electron chi connectivity index (χ4n) is 3.72. The molecule has 10 nitrogen and oxygen atoms in total. The predicted molar refractivity (Wildman–Crippen MR) is 143 cm³/mol. The Kier molecular flexibility index (Phi) is 8.75. The number of ether oxygens (including phenoxy) is 1. The molecule has 4 aromatic carbocycles. The van der Waals surface area contributed by atoms with Crippen molar-refractivity contribution in [1.29, 1.82) is 0 Å². The third-order valence-electron chi connectivity index (χ3n) is 5.68. The summed E-state index contributed by atoms with van der Waals surface area (Å²) in [6.45, 7) is 1.87. The molecule has 10 heteroatoms. The monoisotopic (exact) mass is 530 g/mol. The quantitative estimate of drug-likeness (QED) is 0.117. The van der Waals surface area contributed by atoms with Gasteiger partial charge in [0.05, 0.1) is 23.4 Å². The number of hydrogen-bond donors (Lipinski definition) is 5. The molecule has 0 atom stereocenters. The van der Waals surface area contributed by atoms with Crippen LogP contribution in [0.5, 0.6) is 17.2 Å². The van der Waals surface area contributed by atoms with Gasteiger partial charge in [0.25, 0.3) is 5.91 Å². The average molecular weight is 531 g/mol. The van der Waals surface area contributed by atoms with Gasteiger partial charge < -0.3 is 20.3 Å². The van der Waals surface area contributed by atoms with E-state index in [4.69, 9.17) is 14.8 Å². The molecule has 0 fully saturated rings. The number of hydrogen-bond acceptors (Lipinski definition) is 8. The van der Waals surface area contributed by atoms with E-state index in [0.717, 1.165) is 11.1 Å². The van der Waals surface area contributed by atoms with Crippen molar-refractivity contribution in [2.45, 2.75) is 20.1 Å². The molecule has 0 unspecified atom stereocenters. The number of carboxylic acids is 1. The molecular formula is C29H26N2O8. The molecule has 0 aliphatic rings. The van der Waals surface area contributed by atoms with Gasteiger partial charge in [-0.25, -0.2) is 9.68 Å². The number of phenols is 1. The second-order valence-electron chi connectivity index (χ2n) is 8.58. The number of carbonyl (C=O) groups excluding carboxylic acids is 1. The van der Waals surface area contributed by atoms with Crippen LogP contribution in [0.25, 0.3) is 0 Å². The van der Waals surface area contributed by atoms with E-state index < -0.39 is 11.9 Å². The molecule has 5 N–H and O–H groups in total. The first-order valence-electron chi connectivity index (χ1n) is 11.8. The molecule has 0 radical (unpaired) electrons. The summed E-state index contributed by atoms with van der Waals surface area (Å²) in [5.74, 6) is -0.512. The molecule has 0 aliphatic heterocycles. The molecule has 200 valence electrons. The maximum atomic E-state index is 12.7. The molecule has 0 saturated carbocycles. The number of carboxylic acid groups (broad SMARTS) is 1. The maximum Gasteiger partial charge on any atom is 0.336 e. The molecule has 4 rings (SSSR count). The van der Waals surface area contributed by atoms with E-state index in [0.29, 0.717) is 28.4 Å². The number of aryl methyl sites for hydroxylation is 1. The number of amides is 1. The highest BCUT2D eigenvalue weighted by molar-refractivity contribution is 6.10. The molecule has 0 heterocycles. The summed E-state index contributed by atoms with van der Waals surface area (Å²) in [6.07, 6.45) is 0. The Morgan fingerprint density at radius 3 is 2.08 bits per heavy atom. The lowest BCUT2D eigenvalue weighted by Crippen LogP contribution is -2.16. The number of phenolic OH excluding ortho intramolecular Hbond substituents is 1. The molecule has 4 aromatic rings. The van der Waals surface area contributed by atoms with Gasteiger partial charge >= 0.3 is 5.97 Å². The van der Waals surface area contributed by atoms with Gasteiger partial charge in [0, 0.05) is 5.69 Å². The minimum absolute atomic E-state index is 0.0605. The van der Waals surface area contributed by atoms with Crippen LogP contribution in [0.15, 0.2) is 84.9 Å². The molecule has 0 spiro atoms. The zero-order valence-electron chi connectivity index (χ0n) is 20.9. The van der Waals surface area contributed by atoms with E-state index in [9.17, 15) is 19.8 Å². The zero-order chi connectivity index (χ0) is 27.8. The van der Waals surface area contributed by atoms with E-state index in [1.807, 2.05) is 0 Å². The van der Waals surface area contributed by atoms with Gasteiger partial charge in [-0.05, 0) is 90.8 Å². The summed E-state index contributed by atoms with van der Waals surface area (Å²) in [7, 11) is 0. The third-order valence-corrected chi connectivity index (χ3v) is 5.68. The van der Waals surface area contributed by atoms with E-state index in [-0.39, 0.29) is 30.1 Å². The summed E-state index contributed by atoms with van der Waals surface area (Å²) >= 11 is 0. The number of anilines is 2. The standard InChI is InChI=1S/C29H26N2O8/c1-18-2-13-26(29(34)35)27(14-18)28(33)30-21-4-9-24(10-5-21)39-25-11-6-22(7-12-25)31-37-16-19-3-8-23(32)15-20(19)17-38-36/h2-15,31-32,36H,16-17H2,1H3,(H,30,33)(H,34,35). The summed E-state index contributed by atoms with van der Waals surface area (Å²) in [5, 5.41) is 30.4. The molecule has 39 heavy (non-hydrogen) atoms. The second-order valence-corrected chi connectivity index (χ2v) is 8.58. The van der Waals surface area contributed by atoms with Crippen LogP contribution in [0.2, 0.25) is 0 Å². The molecule has 0 aromatic heterocycles.